The molecule has 0 aliphatic rings. The molecule has 21 heavy (non-hydrogen) atoms. The van der Waals surface area contributed by atoms with Crippen LogP contribution in [0.2, 0.25) is 0 Å². The smallest absolute Gasteiger partial charge is 0.123 e. The molecule has 0 aliphatic heterocycles. The van der Waals surface area contributed by atoms with E-state index in [1.54, 1.807) is 13.2 Å². The van der Waals surface area contributed by atoms with Crippen LogP contribution in [0.25, 0.3) is 0 Å². The average Bonchev–Trinajstić information content (AvgIpc) is 2.77. The second-order valence-corrected chi connectivity index (χ2v) is 5.36. The quantitative estimate of drug-likeness (QED) is 0.883. The minimum absolute atomic E-state index is 0.0414. The lowest BCUT2D eigenvalue weighted by Gasteiger charge is -2.22. The van der Waals surface area contributed by atoms with Gasteiger partial charge in [-0.1, -0.05) is 0 Å². The maximum absolute atomic E-state index is 13.5. The van der Waals surface area contributed by atoms with Crippen LogP contribution < -0.4 is 10.1 Å². The largest absolute Gasteiger partial charge is 0.496 e. The van der Waals surface area contributed by atoms with E-state index in [-0.39, 0.29) is 17.9 Å². The molecule has 2 unspecified atom stereocenters. The third kappa shape index (κ3) is 3.45. The monoisotopic (exact) mass is 291 g/mol. The minimum Gasteiger partial charge on any atom is -0.496 e. The summed E-state index contributed by atoms with van der Waals surface area (Å²) in [6.07, 6.45) is 0. The summed E-state index contributed by atoms with van der Waals surface area (Å²) in [5.41, 5.74) is 1.93. The third-order valence-corrected chi connectivity index (χ3v) is 3.70. The van der Waals surface area contributed by atoms with Crippen molar-refractivity contribution >= 4 is 0 Å². The molecule has 2 atom stereocenters. The Kier molecular flexibility index (Phi) is 4.68. The number of benzene rings is 1. The molecule has 114 valence electrons. The van der Waals surface area contributed by atoms with Gasteiger partial charge in [-0.3, -0.25) is 0 Å². The predicted octanol–water partition coefficient (Wildman–Crippen LogP) is 4.46. The molecule has 1 heterocycles. The van der Waals surface area contributed by atoms with Crippen molar-refractivity contribution in [2.45, 2.75) is 39.8 Å². The van der Waals surface area contributed by atoms with Crippen LogP contribution in [0.15, 0.2) is 28.7 Å². The van der Waals surface area contributed by atoms with Crippen LogP contribution in [0.5, 0.6) is 5.75 Å². The van der Waals surface area contributed by atoms with Crippen molar-refractivity contribution in [1.82, 2.24) is 5.32 Å². The van der Waals surface area contributed by atoms with Crippen molar-refractivity contribution in [1.29, 1.82) is 0 Å². The van der Waals surface area contributed by atoms with Gasteiger partial charge in [0.05, 0.1) is 7.11 Å². The van der Waals surface area contributed by atoms with E-state index in [0.717, 1.165) is 22.6 Å². The van der Waals surface area contributed by atoms with Crippen LogP contribution in [0.3, 0.4) is 0 Å². The van der Waals surface area contributed by atoms with E-state index in [9.17, 15) is 4.39 Å². The maximum atomic E-state index is 13.5. The van der Waals surface area contributed by atoms with E-state index in [1.807, 2.05) is 26.8 Å². The van der Waals surface area contributed by atoms with Gasteiger partial charge < -0.3 is 14.5 Å². The summed E-state index contributed by atoms with van der Waals surface area (Å²) in [6.45, 7) is 7.95. The molecule has 2 aromatic rings. The molecule has 1 aromatic carbocycles. The number of methoxy groups -OCH3 is 1. The Hall–Kier alpha value is -1.81. The summed E-state index contributed by atoms with van der Waals surface area (Å²) in [7, 11) is 1.59. The fourth-order valence-corrected chi connectivity index (χ4v) is 2.68. The van der Waals surface area contributed by atoms with Crippen molar-refractivity contribution in [2.75, 3.05) is 7.11 Å². The van der Waals surface area contributed by atoms with Crippen molar-refractivity contribution in [2.24, 2.45) is 0 Å². The first kappa shape index (κ1) is 15.6. The van der Waals surface area contributed by atoms with Gasteiger partial charge in [0.2, 0.25) is 0 Å². The van der Waals surface area contributed by atoms with Gasteiger partial charge in [0.25, 0.3) is 0 Å². The second kappa shape index (κ2) is 6.31. The molecule has 0 amide bonds. The van der Waals surface area contributed by atoms with Crippen LogP contribution >= 0.6 is 0 Å². The third-order valence-electron chi connectivity index (χ3n) is 3.70. The SMILES string of the molecule is COc1ccc(F)cc1C(C)NC(C)c1cc(C)oc1C. The molecule has 0 radical (unpaired) electrons. The van der Waals surface area contributed by atoms with Crippen LogP contribution in [0.1, 0.15) is 48.6 Å². The first-order valence-electron chi connectivity index (χ1n) is 7.08. The number of ether oxygens (including phenoxy) is 1. The molecule has 0 saturated carbocycles. The molecule has 0 bridgehead atoms. The summed E-state index contributed by atoms with van der Waals surface area (Å²) in [5, 5.41) is 3.46. The van der Waals surface area contributed by atoms with Gasteiger partial charge in [-0.2, -0.15) is 0 Å². The predicted molar refractivity (Wildman–Crippen MR) is 81.1 cm³/mol. The Morgan fingerprint density at radius 1 is 1.10 bits per heavy atom. The fraction of sp³-hybridized carbons (Fsp3) is 0.412. The Bertz CT molecular complexity index is 621. The molecule has 0 spiro atoms. The van der Waals surface area contributed by atoms with Gasteiger partial charge in [0, 0.05) is 23.2 Å². The topological polar surface area (TPSA) is 34.4 Å². The molecule has 0 aliphatic carbocycles. The first-order chi connectivity index (χ1) is 9.92. The maximum Gasteiger partial charge on any atom is 0.123 e. The number of hydrogen-bond donors (Lipinski definition) is 1. The number of aryl methyl sites for hydroxylation is 2. The van der Waals surface area contributed by atoms with E-state index >= 15 is 0 Å². The van der Waals surface area contributed by atoms with E-state index in [2.05, 4.69) is 12.2 Å². The van der Waals surface area contributed by atoms with Crippen LogP contribution in [-0.4, -0.2) is 7.11 Å². The number of hydrogen-bond acceptors (Lipinski definition) is 3. The summed E-state index contributed by atoms with van der Waals surface area (Å²) in [4.78, 5) is 0. The average molecular weight is 291 g/mol. The lowest BCUT2D eigenvalue weighted by atomic mass is 10.0. The fourth-order valence-electron chi connectivity index (χ4n) is 2.68. The van der Waals surface area contributed by atoms with Gasteiger partial charge >= 0.3 is 0 Å². The van der Waals surface area contributed by atoms with E-state index in [1.165, 1.54) is 12.1 Å². The molecular weight excluding hydrogens is 269 g/mol. The van der Waals surface area contributed by atoms with E-state index in [0.29, 0.717) is 5.75 Å². The number of rotatable bonds is 5. The molecule has 1 aromatic heterocycles. The molecule has 2 rings (SSSR count). The molecular formula is C17H22FNO2. The Labute approximate surface area is 125 Å². The van der Waals surface area contributed by atoms with Crippen LogP contribution in [0, 0.1) is 19.7 Å². The second-order valence-electron chi connectivity index (χ2n) is 5.36. The standard InChI is InChI=1S/C17H22FNO2/c1-10-8-15(13(4)21-10)11(2)19-12(3)16-9-14(18)6-7-17(16)20-5/h6-9,11-12,19H,1-5H3. The molecule has 0 saturated heterocycles. The zero-order valence-electron chi connectivity index (χ0n) is 13.2. The van der Waals surface area contributed by atoms with Crippen molar-refractivity contribution in [3.05, 3.63) is 52.7 Å². The molecule has 4 heteroatoms. The highest BCUT2D eigenvalue weighted by Gasteiger charge is 2.18. The first-order valence-corrected chi connectivity index (χ1v) is 7.08. The molecule has 0 fully saturated rings. The Balaban J connectivity index is 2.19. The highest BCUT2D eigenvalue weighted by Crippen LogP contribution is 2.29. The summed E-state index contributed by atoms with van der Waals surface area (Å²) in [5.74, 6) is 2.23. The number of furan rings is 1. The normalized spacial score (nSPS) is 14.0. The van der Waals surface area contributed by atoms with E-state index < -0.39 is 0 Å². The highest BCUT2D eigenvalue weighted by atomic mass is 19.1. The Morgan fingerprint density at radius 2 is 1.76 bits per heavy atom. The lowest BCUT2D eigenvalue weighted by molar-refractivity contribution is 0.394. The van der Waals surface area contributed by atoms with Crippen LogP contribution in [-0.2, 0) is 0 Å². The minimum atomic E-state index is -0.262. The number of nitrogens with one attached hydrogen (secondary N) is 1. The van der Waals surface area contributed by atoms with Crippen molar-refractivity contribution < 1.29 is 13.5 Å². The van der Waals surface area contributed by atoms with Crippen LogP contribution in [0.4, 0.5) is 4.39 Å². The summed E-state index contributed by atoms with van der Waals surface area (Å²) in [6, 6.07) is 6.66. The van der Waals surface area contributed by atoms with Crippen molar-refractivity contribution in [3.63, 3.8) is 0 Å². The van der Waals surface area contributed by atoms with Gasteiger partial charge in [0.1, 0.15) is 23.1 Å². The van der Waals surface area contributed by atoms with Crippen molar-refractivity contribution in [3.8, 4) is 5.75 Å². The van der Waals surface area contributed by atoms with Gasteiger partial charge in [-0.05, 0) is 52.0 Å². The zero-order chi connectivity index (χ0) is 15.6. The molecule has 3 nitrogen and oxygen atoms in total. The van der Waals surface area contributed by atoms with Gasteiger partial charge in [0.15, 0.2) is 0 Å². The summed E-state index contributed by atoms with van der Waals surface area (Å²) < 4.78 is 24.3. The zero-order valence-corrected chi connectivity index (χ0v) is 13.2. The van der Waals surface area contributed by atoms with E-state index in [4.69, 9.17) is 9.15 Å². The number of halogens is 1. The Morgan fingerprint density at radius 3 is 2.33 bits per heavy atom. The lowest BCUT2D eigenvalue weighted by Crippen LogP contribution is -2.23. The highest BCUT2D eigenvalue weighted by molar-refractivity contribution is 5.36. The van der Waals surface area contributed by atoms with Gasteiger partial charge in [-0.25, -0.2) is 4.39 Å². The molecule has 1 N–H and O–H groups in total. The summed E-state index contributed by atoms with van der Waals surface area (Å²) >= 11 is 0. The van der Waals surface area contributed by atoms with Gasteiger partial charge in [-0.15, -0.1) is 0 Å².